The molecule has 0 amide bonds. The van der Waals surface area contributed by atoms with Crippen molar-refractivity contribution in [2.24, 2.45) is 0 Å². The summed E-state index contributed by atoms with van der Waals surface area (Å²) < 4.78 is 4.93. The highest BCUT2D eigenvalue weighted by atomic mass is 16.5. The summed E-state index contributed by atoms with van der Waals surface area (Å²) in [6.07, 6.45) is 0.357. The summed E-state index contributed by atoms with van der Waals surface area (Å²) in [7, 11) is 1.67. The standard InChI is InChI=1S/C14H23NO2/c1-11-4-5-13(8-12(11)2)9-14(16)10-15-6-7-17-3/h4-5,8,14-16H,6-7,9-10H2,1-3H3. The molecule has 0 aliphatic heterocycles. The normalized spacial score (nSPS) is 12.7. The van der Waals surface area contributed by atoms with Crippen LogP contribution in [0.4, 0.5) is 0 Å². The number of aryl methyl sites for hydroxylation is 2. The van der Waals surface area contributed by atoms with Crippen molar-refractivity contribution in [3.8, 4) is 0 Å². The molecular formula is C14H23NO2. The molecule has 1 atom stereocenters. The summed E-state index contributed by atoms with van der Waals surface area (Å²) in [5.74, 6) is 0. The van der Waals surface area contributed by atoms with Crippen LogP contribution in [-0.4, -0.2) is 38.0 Å². The van der Waals surface area contributed by atoms with Gasteiger partial charge in [0, 0.05) is 20.2 Å². The van der Waals surface area contributed by atoms with Crippen LogP contribution in [0.3, 0.4) is 0 Å². The number of methoxy groups -OCH3 is 1. The molecule has 1 aromatic rings. The van der Waals surface area contributed by atoms with Gasteiger partial charge in [-0.2, -0.15) is 0 Å². The Morgan fingerprint density at radius 3 is 2.71 bits per heavy atom. The molecule has 96 valence electrons. The van der Waals surface area contributed by atoms with E-state index in [-0.39, 0.29) is 6.10 Å². The van der Waals surface area contributed by atoms with Crippen LogP contribution in [0.1, 0.15) is 16.7 Å². The zero-order valence-electron chi connectivity index (χ0n) is 11.0. The lowest BCUT2D eigenvalue weighted by Crippen LogP contribution is -2.30. The average molecular weight is 237 g/mol. The Balaban J connectivity index is 2.34. The molecule has 0 aliphatic carbocycles. The summed E-state index contributed by atoms with van der Waals surface area (Å²) in [6.45, 7) is 6.26. The van der Waals surface area contributed by atoms with Gasteiger partial charge in [0.1, 0.15) is 0 Å². The summed E-state index contributed by atoms with van der Waals surface area (Å²) in [6, 6.07) is 6.34. The smallest absolute Gasteiger partial charge is 0.0704 e. The molecule has 0 aromatic heterocycles. The van der Waals surface area contributed by atoms with Gasteiger partial charge in [-0.15, -0.1) is 0 Å². The van der Waals surface area contributed by atoms with Crippen LogP contribution in [0.25, 0.3) is 0 Å². The van der Waals surface area contributed by atoms with Gasteiger partial charge in [0.2, 0.25) is 0 Å². The van der Waals surface area contributed by atoms with Crippen LogP contribution in [0.2, 0.25) is 0 Å². The molecule has 1 aromatic carbocycles. The highest BCUT2D eigenvalue weighted by Gasteiger charge is 2.05. The van der Waals surface area contributed by atoms with Gasteiger partial charge in [-0.3, -0.25) is 0 Å². The minimum atomic E-state index is -0.339. The van der Waals surface area contributed by atoms with E-state index in [0.29, 0.717) is 19.6 Å². The van der Waals surface area contributed by atoms with Crippen LogP contribution >= 0.6 is 0 Å². The van der Waals surface area contributed by atoms with E-state index in [0.717, 1.165) is 6.54 Å². The molecule has 0 heterocycles. The predicted octanol–water partition coefficient (Wildman–Crippen LogP) is 1.44. The maximum atomic E-state index is 9.86. The predicted molar refractivity (Wildman–Crippen MR) is 70.4 cm³/mol. The quantitative estimate of drug-likeness (QED) is 0.705. The maximum absolute atomic E-state index is 9.86. The highest BCUT2D eigenvalue weighted by Crippen LogP contribution is 2.11. The van der Waals surface area contributed by atoms with E-state index in [1.54, 1.807) is 7.11 Å². The first-order valence-electron chi connectivity index (χ1n) is 6.07. The molecule has 2 N–H and O–H groups in total. The number of hydrogen-bond donors (Lipinski definition) is 2. The molecule has 3 nitrogen and oxygen atoms in total. The number of aliphatic hydroxyl groups is 1. The topological polar surface area (TPSA) is 41.5 Å². The Morgan fingerprint density at radius 1 is 1.29 bits per heavy atom. The lowest BCUT2D eigenvalue weighted by Gasteiger charge is -2.12. The summed E-state index contributed by atoms with van der Waals surface area (Å²) in [4.78, 5) is 0. The van der Waals surface area contributed by atoms with Crippen LogP contribution in [0.5, 0.6) is 0 Å². The number of hydrogen-bond acceptors (Lipinski definition) is 3. The number of ether oxygens (including phenoxy) is 1. The van der Waals surface area contributed by atoms with Crippen LogP contribution in [-0.2, 0) is 11.2 Å². The van der Waals surface area contributed by atoms with E-state index in [9.17, 15) is 5.11 Å². The van der Waals surface area contributed by atoms with E-state index in [1.807, 2.05) is 0 Å². The number of nitrogens with one attached hydrogen (secondary N) is 1. The first-order chi connectivity index (χ1) is 8.13. The first kappa shape index (κ1) is 14.2. The third-order valence-corrected chi connectivity index (χ3v) is 2.91. The second kappa shape index (κ2) is 7.43. The first-order valence-corrected chi connectivity index (χ1v) is 6.07. The van der Waals surface area contributed by atoms with Gasteiger partial charge in [-0.25, -0.2) is 0 Å². The van der Waals surface area contributed by atoms with Gasteiger partial charge in [-0.1, -0.05) is 18.2 Å². The van der Waals surface area contributed by atoms with Crippen molar-refractivity contribution < 1.29 is 9.84 Å². The largest absolute Gasteiger partial charge is 0.391 e. The second-order valence-corrected chi connectivity index (χ2v) is 4.47. The van der Waals surface area contributed by atoms with Crippen LogP contribution in [0.15, 0.2) is 18.2 Å². The Hall–Kier alpha value is -0.900. The Morgan fingerprint density at radius 2 is 2.06 bits per heavy atom. The van der Waals surface area contributed by atoms with Gasteiger partial charge in [0.25, 0.3) is 0 Å². The molecule has 0 radical (unpaired) electrons. The minimum Gasteiger partial charge on any atom is -0.391 e. The van der Waals surface area contributed by atoms with Gasteiger partial charge in [-0.05, 0) is 37.0 Å². The van der Waals surface area contributed by atoms with E-state index in [4.69, 9.17) is 4.74 Å². The van der Waals surface area contributed by atoms with Gasteiger partial charge in [0.05, 0.1) is 12.7 Å². The van der Waals surface area contributed by atoms with Crippen LogP contribution in [0, 0.1) is 13.8 Å². The third-order valence-electron chi connectivity index (χ3n) is 2.91. The molecule has 0 fully saturated rings. The van der Waals surface area contributed by atoms with E-state index in [1.165, 1.54) is 16.7 Å². The number of benzene rings is 1. The summed E-state index contributed by atoms with van der Waals surface area (Å²) in [5, 5.41) is 13.0. The van der Waals surface area contributed by atoms with Crippen molar-refractivity contribution in [3.63, 3.8) is 0 Å². The van der Waals surface area contributed by atoms with Crippen molar-refractivity contribution in [1.29, 1.82) is 0 Å². The fourth-order valence-electron chi connectivity index (χ4n) is 1.72. The molecular weight excluding hydrogens is 214 g/mol. The highest BCUT2D eigenvalue weighted by molar-refractivity contribution is 5.30. The van der Waals surface area contributed by atoms with Crippen molar-refractivity contribution in [3.05, 3.63) is 34.9 Å². The fraction of sp³-hybridized carbons (Fsp3) is 0.571. The lowest BCUT2D eigenvalue weighted by atomic mass is 10.0. The van der Waals surface area contributed by atoms with Crippen molar-refractivity contribution in [1.82, 2.24) is 5.32 Å². The van der Waals surface area contributed by atoms with E-state index >= 15 is 0 Å². The molecule has 3 heteroatoms. The van der Waals surface area contributed by atoms with Crippen molar-refractivity contribution in [2.75, 3.05) is 26.8 Å². The molecule has 1 rings (SSSR count). The second-order valence-electron chi connectivity index (χ2n) is 4.47. The zero-order valence-corrected chi connectivity index (χ0v) is 11.0. The molecule has 0 saturated heterocycles. The Labute approximate surface area is 104 Å². The minimum absolute atomic E-state index is 0.339. The molecule has 17 heavy (non-hydrogen) atoms. The van der Waals surface area contributed by atoms with Crippen LogP contribution < -0.4 is 5.32 Å². The number of aliphatic hydroxyl groups excluding tert-OH is 1. The van der Waals surface area contributed by atoms with Crippen molar-refractivity contribution in [2.45, 2.75) is 26.4 Å². The van der Waals surface area contributed by atoms with E-state index in [2.05, 4.69) is 37.4 Å². The fourth-order valence-corrected chi connectivity index (χ4v) is 1.72. The summed E-state index contributed by atoms with van der Waals surface area (Å²) >= 11 is 0. The maximum Gasteiger partial charge on any atom is 0.0704 e. The number of rotatable bonds is 7. The zero-order chi connectivity index (χ0) is 12.7. The third kappa shape index (κ3) is 5.31. The molecule has 0 aliphatic rings. The molecule has 0 spiro atoms. The Bertz CT molecular complexity index is 339. The molecule has 1 unspecified atom stereocenters. The van der Waals surface area contributed by atoms with Gasteiger partial charge in [0.15, 0.2) is 0 Å². The Kier molecular flexibility index (Phi) is 6.19. The SMILES string of the molecule is COCCNCC(O)Cc1ccc(C)c(C)c1. The van der Waals surface area contributed by atoms with E-state index < -0.39 is 0 Å². The lowest BCUT2D eigenvalue weighted by molar-refractivity contribution is 0.160. The van der Waals surface area contributed by atoms with Gasteiger partial charge >= 0.3 is 0 Å². The summed E-state index contributed by atoms with van der Waals surface area (Å²) in [5.41, 5.74) is 3.76. The van der Waals surface area contributed by atoms with Gasteiger partial charge < -0.3 is 15.2 Å². The van der Waals surface area contributed by atoms with Crippen molar-refractivity contribution >= 4 is 0 Å². The molecule has 0 bridgehead atoms. The molecule has 0 saturated carbocycles. The monoisotopic (exact) mass is 237 g/mol. The average Bonchev–Trinajstić information content (AvgIpc) is 2.30.